The van der Waals surface area contributed by atoms with E-state index in [-0.39, 0.29) is 17.3 Å². The van der Waals surface area contributed by atoms with Gasteiger partial charge in [-0.05, 0) is 24.1 Å². The van der Waals surface area contributed by atoms with E-state index in [2.05, 4.69) is 10.4 Å². The number of nitrogens with one attached hydrogen (secondary N) is 1. The Kier molecular flexibility index (Phi) is 6.10. The molecule has 1 aromatic heterocycles. The molecular weight excluding hydrogens is 328 g/mol. The van der Waals surface area contributed by atoms with Crippen LogP contribution in [0.2, 0.25) is 0 Å². The Balaban J connectivity index is 1.91. The summed E-state index contributed by atoms with van der Waals surface area (Å²) in [6.45, 7) is 0.857. The normalized spacial score (nSPS) is 11.6. The van der Waals surface area contributed by atoms with Gasteiger partial charge in [-0.25, -0.2) is 12.7 Å². The van der Waals surface area contributed by atoms with Crippen molar-refractivity contribution < 1.29 is 13.2 Å². The maximum Gasteiger partial charge on any atom is 0.242 e. The molecule has 0 radical (unpaired) electrons. The third-order valence-electron chi connectivity index (χ3n) is 3.56. The minimum absolute atomic E-state index is 0.112. The topological polar surface area (TPSA) is 84.3 Å². The van der Waals surface area contributed by atoms with Crippen LogP contribution >= 0.6 is 0 Å². The largest absolute Gasteiger partial charge is 0.352 e. The van der Waals surface area contributed by atoms with Crippen molar-refractivity contribution in [2.24, 2.45) is 0 Å². The lowest BCUT2D eigenvalue weighted by molar-refractivity contribution is -0.121. The monoisotopic (exact) mass is 350 g/mol. The summed E-state index contributed by atoms with van der Waals surface area (Å²) in [6.07, 6.45) is 4.58. The summed E-state index contributed by atoms with van der Waals surface area (Å²) in [5, 5.41) is 6.85. The average molecular weight is 350 g/mol. The van der Waals surface area contributed by atoms with Crippen molar-refractivity contribution in [3.8, 4) is 0 Å². The minimum atomic E-state index is -3.53. The molecule has 0 aliphatic carbocycles. The van der Waals surface area contributed by atoms with Gasteiger partial charge in [0, 0.05) is 46.0 Å². The summed E-state index contributed by atoms with van der Waals surface area (Å²) in [5.74, 6) is -0.112. The van der Waals surface area contributed by atoms with Crippen LogP contribution in [0.5, 0.6) is 0 Å². The first-order chi connectivity index (χ1) is 11.4. The first-order valence-electron chi connectivity index (χ1n) is 7.66. The lowest BCUT2D eigenvalue weighted by Crippen LogP contribution is -2.27. The predicted octanol–water partition coefficient (Wildman–Crippen LogP) is 1.23. The molecule has 24 heavy (non-hydrogen) atoms. The Hall–Kier alpha value is -2.19. The van der Waals surface area contributed by atoms with E-state index in [1.54, 1.807) is 35.1 Å². The van der Waals surface area contributed by atoms with Crippen molar-refractivity contribution >= 4 is 15.9 Å². The summed E-state index contributed by atoms with van der Waals surface area (Å²) < 4.78 is 27.5. The summed E-state index contributed by atoms with van der Waals surface area (Å²) in [7, 11) is -0.559. The van der Waals surface area contributed by atoms with Gasteiger partial charge in [-0.2, -0.15) is 5.10 Å². The molecule has 0 saturated heterocycles. The molecule has 130 valence electrons. The zero-order chi connectivity index (χ0) is 17.6. The molecule has 0 aliphatic heterocycles. The second kappa shape index (κ2) is 8.07. The standard InChI is InChI=1S/C16H22N4O3S/c1-19(2)24(22,23)15-8-4-3-7-14(15)13-17-16(21)9-5-11-20-12-6-10-18-20/h3-4,6-8,10,12H,5,9,11,13H2,1-2H3,(H,17,21). The number of carbonyl (C=O) groups excluding carboxylic acids is 1. The zero-order valence-electron chi connectivity index (χ0n) is 13.8. The summed E-state index contributed by atoms with van der Waals surface area (Å²) in [4.78, 5) is 12.2. The average Bonchev–Trinajstić information content (AvgIpc) is 3.06. The third kappa shape index (κ3) is 4.65. The van der Waals surface area contributed by atoms with Crippen molar-refractivity contribution in [1.82, 2.24) is 19.4 Å². The van der Waals surface area contributed by atoms with Crippen LogP contribution in [0.25, 0.3) is 0 Å². The van der Waals surface area contributed by atoms with Crippen LogP contribution in [0.15, 0.2) is 47.6 Å². The molecule has 0 unspecified atom stereocenters. The molecule has 1 aromatic carbocycles. The molecule has 0 spiro atoms. The van der Waals surface area contributed by atoms with Crippen molar-refractivity contribution in [3.63, 3.8) is 0 Å². The lowest BCUT2D eigenvalue weighted by atomic mass is 10.2. The van der Waals surface area contributed by atoms with Gasteiger partial charge in [-0.15, -0.1) is 0 Å². The molecule has 8 heteroatoms. The number of benzene rings is 1. The van der Waals surface area contributed by atoms with Gasteiger partial charge >= 0.3 is 0 Å². The molecule has 0 saturated carbocycles. The van der Waals surface area contributed by atoms with Gasteiger partial charge in [0.05, 0.1) is 4.90 Å². The van der Waals surface area contributed by atoms with Crippen molar-refractivity contribution in [3.05, 3.63) is 48.3 Å². The second-order valence-corrected chi connectivity index (χ2v) is 7.66. The Labute approximate surface area is 142 Å². The van der Waals surface area contributed by atoms with Crippen LogP contribution in [0, 0.1) is 0 Å². The number of carbonyl (C=O) groups is 1. The number of hydrogen-bond acceptors (Lipinski definition) is 4. The van der Waals surface area contributed by atoms with Gasteiger partial charge in [0.1, 0.15) is 0 Å². The van der Waals surface area contributed by atoms with E-state index < -0.39 is 10.0 Å². The van der Waals surface area contributed by atoms with Gasteiger partial charge < -0.3 is 5.32 Å². The fourth-order valence-electron chi connectivity index (χ4n) is 2.21. The highest BCUT2D eigenvalue weighted by molar-refractivity contribution is 7.89. The highest BCUT2D eigenvalue weighted by Crippen LogP contribution is 2.18. The molecule has 0 bridgehead atoms. The Morgan fingerprint density at radius 3 is 2.67 bits per heavy atom. The van der Waals surface area contributed by atoms with Crippen LogP contribution < -0.4 is 5.32 Å². The van der Waals surface area contributed by atoms with Gasteiger partial charge in [-0.3, -0.25) is 9.48 Å². The second-order valence-electron chi connectivity index (χ2n) is 5.54. The third-order valence-corrected chi connectivity index (χ3v) is 5.47. The highest BCUT2D eigenvalue weighted by Gasteiger charge is 2.20. The fraction of sp³-hybridized carbons (Fsp3) is 0.375. The molecule has 0 fully saturated rings. The van der Waals surface area contributed by atoms with Gasteiger partial charge in [0.25, 0.3) is 0 Å². The Morgan fingerprint density at radius 1 is 1.25 bits per heavy atom. The van der Waals surface area contributed by atoms with E-state index in [0.29, 0.717) is 24.9 Å². The summed E-state index contributed by atoms with van der Waals surface area (Å²) in [5.41, 5.74) is 0.576. The van der Waals surface area contributed by atoms with E-state index in [0.717, 1.165) is 4.31 Å². The SMILES string of the molecule is CN(C)S(=O)(=O)c1ccccc1CNC(=O)CCCn1cccn1. The maximum absolute atomic E-state index is 12.3. The number of amides is 1. The Morgan fingerprint density at radius 2 is 2.00 bits per heavy atom. The molecule has 2 rings (SSSR count). The first kappa shape index (κ1) is 18.2. The van der Waals surface area contributed by atoms with Crippen molar-refractivity contribution in [1.29, 1.82) is 0 Å². The molecule has 1 heterocycles. The number of rotatable bonds is 8. The number of aryl methyl sites for hydroxylation is 1. The van der Waals surface area contributed by atoms with E-state index in [4.69, 9.17) is 0 Å². The smallest absolute Gasteiger partial charge is 0.242 e. The molecule has 1 amide bonds. The highest BCUT2D eigenvalue weighted by atomic mass is 32.2. The molecule has 2 aromatic rings. The Bertz CT molecular complexity index is 770. The van der Waals surface area contributed by atoms with Crippen LogP contribution in [-0.4, -0.2) is 42.5 Å². The molecule has 0 aliphatic rings. The zero-order valence-corrected chi connectivity index (χ0v) is 14.7. The van der Waals surface area contributed by atoms with Crippen LogP contribution in [0.4, 0.5) is 0 Å². The van der Waals surface area contributed by atoms with Gasteiger partial charge in [-0.1, -0.05) is 18.2 Å². The van der Waals surface area contributed by atoms with Crippen molar-refractivity contribution in [2.45, 2.75) is 30.8 Å². The number of nitrogens with zero attached hydrogens (tertiary/aromatic N) is 3. The van der Waals surface area contributed by atoms with Gasteiger partial charge in [0.15, 0.2) is 0 Å². The number of aromatic nitrogens is 2. The molecule has 1 N–H and O–H groups in total. The van der Waals surface area contributed by atoms with Crippen LogP contribution in [0.3, 0.4) is 0 Å². The fourth-order valence-corrected chi connectivity index (χ4v) is 3.33. The molecule has 0 atom stereocenters. The van der Waals surface area contributed by atoms with E-state index in [1.807, 2.05) is 12.3 Å². The summed E-state index contributed by atoms with van der Waals surface area (Å²) >= 11 is 0. The first-order valence-corrected chi connectivity index (χ1v) is 9.10. The van der Waals surface area contributed by atoms with E-state index in [9.17, 15) is 13.2 Å². The van der Waals surface area contributed by atoms with Crippen LogP contribution in [-0.2, 0) is 27.9 Å². The lowest BCUT2D eigenvalue weighted by Gasteiger charge is -2.15. The minimum Gasteiger partial charge on any atom is -0.352 e. The van der Waals surface area contributed by atoms with Crippen molar-refractivity contribution in [2.75, 3.05) is 14.1 Å². The maximum atomic E-state index is 12.3. The predicted molar refractivity (Wildman–Crippen MR) is 90.6 cm³/mol. The number of sulfonamides is 1. The molecule has 7 nitrogen and oxygen atoms in total. The molecular formula is C16H22N4O3S. The van der Waals surface area contributed by atoms with Gasteiger partial charge in [0.2, 0.25) is 15.9 Å². The number of hydrogen-bond donors (Lipinski definition) is 1. The van der Waals surface area contributed by atoms with E-state index >= 15 is 0 Å². The van der Waals surface area contributed by atoms with E-state index in [1.165, 1.54) is 14.1 Å². The summed E-state index contributed by atoms with van der Waals surface area (Å²) in [6, 6.07) is 8.52. The quantitative estimate of drug-likeness (QED) is 0.776. The van der Waals surface area contributed by atoms with Crippen LogP contribution in [0.1, 0.15) is 18.4 Å².